The van der Waals surface area contributed by atoms with Gasteiger partial charge in [0.2, 0.25) is 5.91 Å². The summed E-state index contributed by atoms with van der Waals surface area (Å²) in [4.78, 5) is 22.9. The van der Waals surface area contributed by atoms with Crippen molar-refractivity contribution < 1.29 is 4.79 Å². The van der Waals surface area contributed by atoms with E-state index in [0.717, 1.165) is 43.2 Å². The Kier molecular flexibility index (Phi) is 5.75. The van der Waals surface area contributed by atoms with E-state index >= 15 is 0 Å². The lowest BCUT2D eigenvalue weighted by atomic mass is 9.93. The second-order valence-electron chi connectivity index (χ2n) is 6.84. The van der Waals surface area contributed by atoms with Crippen LogP contribution < -0.4 is 10.6 Å². The predicted molar refractivity (Wildman–Crippen MR) is 103 cm³/mol. The first-order valence-corrected chi connectivity index (χ1v) is 9.20. The molecule has 7 nitrogen and oxygen atoms in total. The molecule has 0 aliphatic carbocycles. The highest BCUT2D eigenvalue weighted by Crippen LogP contribution is 2.20. The van der Waals surface area contributed by atoms with Crippen molar-refractivity contribution in [2.45, 2.75) is 32.7 Å². The third kappa shape index (κ3) is 4.15. The van der Waals surface area contributed by atoms with E-state index in [-0.39, 0.29) is 5.91 Å². The van der Waals surface area contributed by atoms with E-state index in [0.29, 0.717) is 18.9 Å². The molecule has 2 N–H and O–H groups in total. The van der Waals surface area contributed by atoms with E-state index in [2.05, 4.69) is 49.1 Å². The average molecular weight is 356 g/mol. The van der Waals surface area contributed by atoms with Crippen LogP contribution in [0.2, 0.25) is 0 Å². The van der Waals surface area contributed by atoms with E-state index < -0.39 is 0 Å². The van der Waals surface area contributed by atoms with Gasteiger partial charge in [0.25, 0.3) is 0 Å². The standard InChI is InChI=1S/C19H28N6O/c1-14-5-4-6-17-23-16(13-25(14)17)12-22-19(21-3)24-9-7-15(8-10-24)11-18(26)20-2/h4-6,13,15H,7-12H2,1-3H3,(H,20,26)(H,21,22). The molecule has 0 spiro atoms. The number of aromatic nitrogens is 2. The SMILES string of the molecule is CN=C(NCc1cn2c(C)cccc2n1)N1CCC(CC(=O)NC)CC1. The molecule has 2 aromatic heterocycles. The number of rotatable bonds is 4. The quantitative estimate of drug-likeness (QED) is 0.644. The Morgan fingerprint density at radius 1 is 1.35 bits per heavy atom. The molecule has 0 radical (unpaired) electrons. The van der Waals surface area contributed by atoms with Gasteiger partial charge >= 0.3 is 0 Å². The third-order valence-corrected chi connectivity index (χ3v) is 5.05. The van der Waals surface area contributed by atoms with Crippen LogP contribution in [-0.4, -0.2) is 53.3 Å². The summed E-state index contributed by atoms with van der Waals surface area (Å²) >= 11 is 0. The minimum atomic E-state index is 0.132. The number of nitrogens with one attached hydrogen (secondary N) is 2. The Labute approximate surface area is 154 Å². The number of imidazole rings is 1. The third-order valence-electron chi connectivity index (χ3n) is 5.05. The van der Waals surface area contributed by atoms with Gasteiger partial charge in [-0.15, -0.1) is 0 Å². The Balaban J connectivity index is 1.55. The maximum atomic E-state index is 11.5. The van der Waals surface area contributed by atoms with E-state index in [1.54, 1.807) is 7.05 Å². The lowest BCUT2D eigenvalue weighted by Gasteiger charge is -2.34. The molecule has 1 aliphatic rings. The predicted octanol–water partition coefficient (Wildman–Crippen LogP) is 1.57. The monoisotopic (exact) mass is 356 g/mol. The van der Waals surface area contributed by atoms with E-state index in [4.69, 9.17) is 0 Å². The summed E-state index contributed by atoms with van der Waals surface area (Å²) in [6.07, 6.45) is 4.72. The minimum Gasteiger partial charge on any atom is -0.359 e. The number of aryl methyl sites for hydroxylation is 1. The lowest BCUT2D eigenvalue weighted by Crippen LogP contribution is -2.45. The molecule has 7 heteroatoms. The average Bonchev–Trinajstić information content (AvgIpc) is 3.08. The summed E-state index contributed by atoms with van der Waals surface area (Å²) in [6, 6.07) is 6.12. The Morgan fingerprint density at radius 3 is 2.77 bits per heavy atom. The molecule has 1 aliphatic heterocycles. The molecule has 0 aromatic carbocycles. The van der Waals surface area contributed by atoms with Crippen LogP contribution in [0.3, 0.4) is 0 Å². The molecule has 1 amide bonds. The summed E-state index contributed by atoms with van der Waals surface area (Å²) in [5, 5.41) is 6.14. The molecule has 3 rings (SSSR count). The number of hydrogen-bond donors (Lipinski definition) is 2. The Bertz CT molecular complexity index is 788. The molecule has 0 atom stereocenters. The fourth-order valence-electron chi connectivity index (χ4n) is 3.50. The Hall–Kier alpha value is -2.57. The van der Waals surface area contributed by atoms with Crippen molar-refractivity contribution in [2.24, 2.45) is 10.9 Å². The van der Waals surface area contributed by atoms with Crippen molar-refractivity contribution in [3.8, 4) is 0 Å². The molecular weight excluding hydrogens is 328 g/mol. The summed E-state index contributed by atoms with van der Waals surface area (Å²) in [5.41, 5.74) is 3.13. The van der Waals surface area contributed by atoms with E-state index in [1.807, 2.05) is 19.2 Å². The van der Waals surface area contributed by atoms with Crippen LogP contribution in [0.1, 0.15) is 30.7 Å². The Morgan fingerprint density at radius 2 is 2.12 bits per heavy atom. The van der Waals surface area contributed by atoms with Gasteiger partial charge < -0.3 is 19.9 Å². The number of carbonyl (C=O) groups is 1. The van der Waals surface area contributed by atoms with Gasteiger partial charge in [0, 0.05) is 45.5 Å². The van der Waals surface area contributed by atoms with E-state index in [9.17, 15) is 4.79 Å². The minimum absolute atomic E-state index is 0.132. The van der Waals surface area contributed by atoms with Gasteiger partial charge in [0.05, 0.1) is 12.2 Å². The molecule has 1 saturated heterocycles. The number of pyridine rings is 1. The summed E-state index contributed by atoms with van der Waals surface area (Å²) in [5.74, 6) is 1.50. The van der Waals surface area contributed by atoms with Crippen molar-refractivity contribution >= 4 is 17.5 Å². The van der Waals surface area contributed by atoms with Crippen LogP contribution in [-0.2, 0) is 11.3 Å². The molecule has 2 aromatic rings. The molecule has 1 fully saturated rings. The highest BCUT2D eigenvalue weighted by molar-refractivity contribution is 5.80. The lowest BCUT2D eigenvalue weighted by molar-refractivity contribution is -0.121. The fraction of sp³-hybridized carbons (Fsp3) is 0.526. The number of aliphatic imine (C=N–C) groups is 1. The molecule has 0 unspecified atom stereocenters. The summed E-state index contributed by atoms with van der Waals surface area (Å²) in [6.45, 7) is 4.57. The van der Waals surface area contributed by atoms with Gasteiger partial charge in [-0.2, -0.15) is 0 Å². The van der Waals surface area contributed by atoms with Crippen molar-refractivity contribution in [1.82, 2.24) is 24.9 Å². The number of fused-ring (bicyclic) bond motifs is 1. The van der Waals surface area contributed by atoms with Gasteiger partial charge in [-0.1, -0.05) is 6.07 Å². The zero-order chi connectivity index (χ0) is 18.5. The first-order valence-electron chi connectivity index (χ1n) is 9.20. The van der Waals surface area contributed by atoms with Crippen molar-refractivity contribution in [3.05, 3.63) is 35.8 Å². The van der Waals surface area contributed by atoms with Crippen LogP contribution in [0.4, 0.5) is 0 Å². The summed E-state index contributed by atoms with van der Waals surface area (Å²) < 4.78 is 2.10. The zero-order valence-corrected chi connectivity index (χ0v) is 15.8. The van der Waals surface area contributed by atoms with Crippen LogP contribution in [0.15, 0.2) is 29.4 Å². The molecule has 0 saturated carbocycles. The number of guanidine groups is 1. The first kappa shape index (κ1) is 18.2. The fourth-order valence-corrected chi connectivity index (χ4v) is 3.50. The maximum Gasteiger partial charge on any atom is 0.220 e. The second-order valence-corrected chi connectivity index (χ2v) is 6.84. The molecule has 3 heterocycles. The van der Waals surface area contributed by atoms with Gasteiger partial charge in [-0.05, 0) is 37.8 Å². The highest BCUT2D eigenvalue weighted by Gasteiger charge is 2.23. The summed E-state index contributed by atoms with van der Waals surface area (Å²) in [7, 11) is 3.51. The topological polar surface area (TPSA) is 74.0 Å². The number of carbonyl (C=O) groups excluding carboxylic acids is 1. The number of likely N-dealkylation sites (tertiary alicyclic amines) is 1. The van der Waals surface area contributed by atoms with E-state index in [1.165, 1.54) is 5.69 Å². The molecule has 0 bridgehead atoms. The number of nitrogens with zero attached hydrogens (tertiary/aromatic N) is 4. The molecule has 140 valence electrons. The van der Waals surface area contributed by atoms with Crippen molar-refractivity contribution in [2.75, 3.05) is 27.2 Å². The van der Waals surface area contributed by atoms with Gasteiger partial charge in [-0.25, -0.2) is 4.98 Å². The van der Waals surface area contributed by atoms with Crippen molar-refractivity contribution in [1.29, 1.82) is 0 Å². The smallest absolute Gasteiger partial charge is 0.220 e. The number of piperidine rings is 1. The number of amides is 1. The zero-order valence-electron chi connectivity index (χ0n) is 15.8. The number of hydrogen-bond acceptors (Lipinski definition) is 3. The van der Waals surface area contributed by atoms with Crippen LogP contribution in [0.25, 0.3) is 5.65 Å². The van der Waals surface area contributed by atoms with Gasteiger partial charge in [-0.3, -0.25) is 9.79 Å². The molecular formula is C19H28N6O. The second kappa shape index (κ2) is 8.21. The van der Waals surface area contributed by atoms with Crippen molar-refractivity contribution in [3.63, 3.8) is 0 Å². The largest absolute Gasteiger partial charge is 0.359 e. The normalized spacial score (nSPS) is 16.1. The van der Waals surface area contributed by atoms with Gasteiger partial charge in [0.15, 0.2) is 5.96 Å². The van der Waals surface area contributed by atoms with Crippen LogP contribution in [0, 0.1) is 12.8 Å². The first-order chi connectivity index (χ1) is 12.6. The molecule has 26 heavy (non-hydrogen) atoms. The maximum absolute atomic E-state index is 11.5. The highest BCUT2D eigenvalue weighted by atomic mass is 16.1. The van der Waals surface area contributed by atoms with Crippen LogP contribution >= 0.6 is 0 Å². The van der Waals surface area contributed by atoms with Gasteiger partial charge in [0.1, 0.15) is 5.65 Å². The van der Waals surface area contributed by atoms with Crippen LogP contribution in [0.5, 0.6) is 0 Å².